The van der Waals surface area contributed by atoms with E-state index in [0.717, 1.165) is 6.26 Å². The minimum absolute atomic E-state index is 0.0601. The predicted octanol–water partition coefficient (Wildman–Crippen LogP) is 3.37. The maximum Gasteiger partial charge on any atom is 0.393 e. The van der Waals surface area contributed by atoms with Gasteiger partial charge in [-0.05, 0) is 12.5 Å². The number of hydrogen-bond acceptors (Lipinski definition) is 5. The Hall–Kier alpha value is -1.84. The lowest BCUT2D eigenvalue weighted by Gasteiger charge is -2.36. The fourth-order valence-corrected chi connectivity index (χ4v) is 3.62. The Labute approximate surface area is 160 Å². The Morgan fingerprint density at radius 3 is 2.86 bits per heavy atom. The summed E-state index contributed by atoms with van der Waals surface area (Å²) in [5, 5.41) is 13.3. The van der Waals surface area contributed by atoms with Crippen LogP contribution in [0.2, 0.25) is 0 Å². The molecule has 1 aliphatic rings. The first kappa shape index (κ1) is 20.9. The average Bonchev–Trinajstić information content (AvgIpc) is 3.00. The van der Waals surface area contributed by atoms with E-state index in [1.807, 2.05) is 4.90 Å². The van der Waals surface area contributed by atoms with Gasteiger partial charge in [-0.1, -0.05) is 12.1 Å². The Kier molecular flexibility index (Phi) is 6.47. The minimum Gasteiger partial charge on any atom is -0.462 e. The number of anilines is 1. The normalized spacial score (nSPS) is 22.5. The molecule has 0 aliphatic carbocycles. The molecule has 28 heavy (non-hydrogen) atoms. The van der Waals surface area contributed by atoms with Gasteiger partial charge in [-0.15, -0.1) is 0 Å². The number of hydrogen-bond donors (Lipinski definition) is 2. The first-order valence-corrected chi connectivity index (χ1v) is 9.12. The summed E-state index contributed by atoms with van der Waals surface area (Å²) in [6.07, 6.45) is -5.67. The standard InChI is InChI=1S/C19H24F4N2O3/c1-27-11-13(26)8-25-6-5-16(15(20)9-25)24-17-4-2-3-14-12(7-19(21,22)23)10-28-18(14)17/h2-4,10,13,15-16,24,26H,5-9,11H2,1H3. The fourth-order valence-electron chi connectivity index (χ4n) is 3.62. The van der Waals surface area contributed by atoms with Gasteiger partial charge in [-0.3, -0.25) is 4.90 Å². The maximum atomic E-state index is 14.7. The quantitative estimate of drug-likeness (QED) is 0.693. The van der Waals surface area contributed by atoms with E-state index in [9.17, 15) is 22.7 Å². The molecule has 3 rings (SSSR count). The van der Waals surface area contributed by atoms with E-state index in [1.54, 1.807) is 18.2 Å². The molecule has 3 unspecified atom stereocenters. The number of fused-ring (bicyclic) bond motifs is 1. The zero-order chi connectivity index (χ0) is 20.3. The van der Waals surface area contributed by atoms with Crippen LogP contribution in [0.15, 0.2) is 28.9 Å². The van der Waals surface area contributed by atoms with Gasteiger partial charge in [0.05, 0.1) is 37.1 Å². The molecular weight excluding hydrogens is 380 g/mol. The predicted molar refractivity (Wildman–Crippen MR) is 97.2 cm³/mol. The van der Waals surface area contributed by atoms with Crippen molar-refractivity contribution in [1.29, 1.82) is 0 Å². The second-order valence-electron chi connectivity index (χ2n) is 7.16. The summed E-state index contributed by atoms with van der Waals surface area (Å²) >= 11 is 0. The number of nitrogens with one attached hydrogen (secondary N) is 1. The van der Waals surface area contributed by atoms with Gasteiger partial charge in [-0.2, -0.15) is 13.2 Å². The number of methoxy groups -OCH3 is 1. The van der Waals surface area contributed by atoms with Crippen molar-refractivity contribution >= 4 is 16.7 Å². The SMILES string of the molecule is COCC(O)CN1CCC(Nc2cccc3c(CC(F)(F)F)coc23)C(F)C1. The highest BCUT2D eigenvalue weighted by atomic mass is 19.4. The molecular formula is C19H24F4N2O3. The topological polar surface area (TPSA) is 57.9 Å². The summed E-state index contributed by atoms with van der Waals surface area (Å²) in [4.78, 5) is 1.83. The zero-order valence-corrected chi connectivity index (χ0v) is 15.5. The van der Waals surface area contributed by atoms with Crippen molar-refractivity contribution in [2.45, 2.75) is 37.3 Å². The van der Waals surface area contributed by atoms with Crippen molar-refractivity contribution in [3.63, 3.8) is 0 Å². The van der Waals surface area contributed by atoms with Gasteiger partial charge in [0.25, 0.3) is 0 Å². The highest BCUT2D eigenvalue weighted by Gasteiger charge is 2.32. The van der Waals surface area contributed by atoms with Crippen molar-refractivity contribution in [3.05, 3.63) is 30.0 Å². The van der Waals surface area contributed by atoms with Crippen LogP contribution in [0.1, 0.15) is 12.0 Å². The second-order valence-corrected chi connectivity index (χ2v) is 7.16. The first-order chi connectivity index (χ1) is 13.3. The number of para-hydroxylation sites is 1. The average molecular weight is 404 g/mol. The Morgan fingerprint density at radius 2 is 2.18 bits per heavy atom. The van der Waals surface area contributed by atoms with E-state index >= 15 is 0 Å². The van der Waals surface area contributed by atoms with E-state index < -0.39 is 30.9 Å². The highest BCUT2D eigenvalue weighted by molar-refractivity contribution is 5.91. The molecule has 2 heterocycles. The van der Waals surface area contributed by atoms with Crippen molar-refractivity contribution in [2.75, 3.05) is 38.7 Å². The fraction of sp³-hybridized carbons (Fsp3) is 0.579. The van der Waals surface area contributed by atoms with Crippen molar-refractivity contribution in [1.82, 2.24) is 4.90 Å². The highest BCUT2D eigenvalue weighted by Crippen LogP contribution is 2.33. The van der Waals surface area contributed by atoms with Gasteiger partial charge in [0.1, 0.15) is 6.17 Å². The number of rotatable bonds is 7. The number of aliphatic hydroxyl groups is 1. The van der Waals surface area contributed by atoms with E-state index in [2.05, 4.69) is 5.32 Å². The van der Waals surface area contributed by atoms with Crippen LogP contribution in [0.4, 0.5) is 23.2 Å². The Morgan fingerprint density at radius 1 is 1.39 bits per heavy atom. The molecule has 1 saturated heterocycles. The van der Waals surface area contributed by atoms with Crippen LogP contribution < -0.4 is 5.32 Å². The monoisotopic (exact) mass is 404 g/mol. The molecule has 0 amide bonds. The molecule has 2 N–H and O–H groups in total. The number of furan rings is 1. The molecule has 1 fully saturated rings. The summed E-state index contributed by atoms with van der Waals surface area (Å²) in [5.41, 5.74) is 0.836. The van der Waals surface area contributed by atoms with Crippen LogP contribution >= 0.6 is 0 Å². The first-order valence-electron chi connectivity index (χ1n) is 9.12. The number of halogens is 4. The van der Waals surface area contributed by atoms with Crippen LogP contribution in [0.25, 0.3) is 11.0 Å². The molecule has 5 nitrogen and oxygen atoms in total. The third-order valence-electron chi connectivity index (χ3n) is 4.87. The largest absolute Gasteiger partial charge is 0.462 e. The summed E-state index contributed by atoms with van der Waals surface area (Å²) in [7, 11) is 1.49. The summed E-state index contributed by atoms with van der Waals surface area (Å²) in [6.45, 7) is 1.27. The lowest BCUT2D eigenvalue weighted by atomic mass is 10.0. The van der Waals surface area contributed by atoms with Gasteiger partial charge < -0.3 is 19.6 Å². The summed E-state index contributed by atoms with van der Waals surface area (Å²) in [5.74, 6) is 0. The minimum atomic E-state index is -4.33. The van der Waals surface area contributed by atoms with E-state index in [0.29, 0.717) is 36.2 Å². The van der Waals surface area contributed by atoms with Crippen LogP contribution in [0.3, 0.4) is 0 Å². The van der Waals surface area contributed by atoms with Gasteiger partial charge in [0.2, 0.25) is 0 Å². The van der Waals surface area contributed by atoms with Gasteiger partial charge in [0.15, 0.2) is 5.58 Å². The molecule has 0 spiro atoms. The van der Waals surface area contributed by atoms with E-state index in [-0.39, 0.29) is 18.7 Å². The molecule has 1 aromatic carbocycles. The van der Waals surface area contributed by atoms with Gasteiger partial charge in [-0.25, -0.2) is 4.39 Å². The van der Waals surface area contributed by atoms with E-state index in [4.69, 9.17) is 9.15 Å². The number of β-amino-alcohol motifs (C(OH)–C–C–N with tert-alkyl or cyclic N) is 1. The lowest BCUT2D eigenvalue weighted by molar-refractivity contribution is -0.127. The molecule has 0 saturated carbocycles. The Balaban J connectivity index is 1.67. The van der Waals surface area contributed by atoms with Crippen LogP contribution in [-0.2, 0) is 11.2 Å². The van der Waals surface area contributed by atoms with Crippen molar-refractivity contribution < 1.29 is 31.8 Å². The number of benzene rings is 1. The molecule has 9 heteroatoms. The van der Waals surface area contributed by atoms with Crippen molar-refractivity contribution in [3.8, 4) is 0 Å². The maximum absolute atomic E-state index is 14.7. The number of piperidine rings is 1. The molecule has 0 radical (unpaired) electrons. The number of likely N-dealkylation sites (tertiary alicyclic amines) is 1. The zero-order valence-electron chi connectivity index (χ0n) is 15.5. The smallest absolute Gasteiger partial charge is 0.393 e. The molecule has 1 aliphatic heterocycles. The van der Waals surface area contributed by atoms with Gasteiger partial charge >= 0.3 is 6.18 Å². The van der Waals surface area contributed by atoms with Gasteiger partial charge in [0, 0.05) is 37.7 Å². The molecule has 156 valence electrons. The van der Waals surface area contributed by atoms with E-state index in [1.165, 1.54) is 7.11 Å². The third kappa shape index (κ3) is 5.15. The summed E-state index contributed by atoms with van der Waals surface area (Å²) in [6, 6.07) is 4.38. The molecule has 1 aromatic heterocycles. The molecule has 0 bridgehead atoms. The second kappa shape index (κ2) is 8.67. The molecule has 3 atom stereocenters. The van der Waals surface area contributed by atoms with Crippen LogP contribution in [0.5, 0.6) is 0 Å². The lowest BCUT2D eigenvalue weighted by Crippen LogP contribution is -2.50. The third-order valence-corrected chi connectivity index (χ3v) is 4.87. The Bertz CT molecular complexity index is 780. The van der Waals surface area contributed by atoms with Crippen LogP contribution in [0, 0.1) is 0 Å². The number of aliphatic hydroxyl groups excluding tert-OH is 1. The molecule has 2 aromatic rings. The summed E-state index contributed by atoms with van der Waals surface area (Å²) < 4.78 is 63.0. The number of alkyl halides is 4. The van der Waals surface area contributed by atoms with Crippen LogP contribution in [-0.4, -0.2) is 67.9 Å². The number of nitrogens with zero attached hydrogens (tertiary/aromatic N) is 1. The van der Waals surface area contributed by atoms with Crippen molar-refractivity contribution in [2.24, 2.45) is 0 Å². The number of ether oxygens (including phenoxy) is 1.